The summed E-state index contributed by atoms with van der Waals surface area (Å²) in [6, 6.07) is 13.1. The first kappa shape index (κ1) is 13.8. The van der Waals surface area contributed by atoms with Crippen LogP contribution in [0.3, 0.4) is 0 Å². The Kier molecular flexibility index (Phi) is 4.11. The van der Waals surface area contributed by atoms with Crippen molar-refractivity contribution in [3.63, 3.8) is 0 Å². The fraction of sp³-hybridized carbons (Fsp3) is 0.188. The Balaban J connectivity index is 2.33. The molecule has 2 aromatic carbocycles. The van der Waals surface area contributed by atoms with Crippen molar-refractivity contribution in [3.8, 4) is 11.8 Å². The molecule has 0 atom stereocenters. The van der Waals surface area contributed by atoms with Crippen LogP contribution in [0.2, 0.25) is 0 Å². The molecule has 0 saturated carbocycles. The zero-order chi connectivity index (χ0) is 14.5. The molecule has 0 radical (unpaired) electrons. The van der Waals surface area contributed by atoms with E-state index in [1.165, 1.54) is 0 Å². The smallest absolute Gasteiger partial charge is 0.122 e. The number of aryl methyl sites for hydroxylation is 1. The van der Waals surface area contributed by atoms with Gasteiger partial charge in [0.2, 0.25) is 0 Å². The molecule has 2 rings (SSSR count). The van der Waals surface area contributed by atoms with Gasteiger partial charge in [0.1, 0.15) is 5.75 Å². The zero-order valence-corrected chi connectivity index (χ0v) is 11.6. The number of nitrogens with two attached hydrogens (primary N) is 1. The lowest BCUT2D eigenvalue weighted by molar-refractivity contribution is 0.410. The van der Waals surface area contributed by atoms with E-state index in [0.717, 1.165) is 29.1 Å². The molecule has 0 aliphatic rings. The first-order chi connectivity index (χ1) is 9.67. The van der Waals surface area contributed by atoms with Crippen LogP contribution in [0.5, 0.6) is 5.75 Å². The molecule has 0 aliphatic heterocycles. The van der Waals surface area contributed by atoms with Gasteiger partial charge in [-0.3, -0.25) is 0 Å². The Bertz CT molecular complexity index is 659. The van der Waals surface area contributed by atoms with Gasteiger partial charge >= 0.3 is 0 Å². The van der Waals surface area contributed by atoms with Crippen LogP contribution in [0.1, 0.15) is 18.1 Å². The maximum atomic E-state index is 8.93. The molecule has 0 saturated heterocycles. The van der Waals surface area contributed by atoms with Crippen LogP contribution in [0.25, 0.3) is 0 Å². The number of nitriles is 1. The number of ether oxygens (including phenoxy) is 1. The van der Waals surface area contributed by atoms with E-state index in [0.29, 0.717) is 11.3 Å². The second-order valence-electron chi connectivity index (χ2n) is 4.42. The van der Waals surface area contributed by atoms with Gasteiger partial charge in [-0.1, -0.05) is 6.92 Å². The Labute approximate surface area is 118 Å². The maximum Gasteiger partial charge on any atom is 0.122 e. The average molecular weight is 267 g/mol. The third-order valence-corrected chi connectivity index (χ3v) is 3.12. The van der Waals surface area contributed by atoms with E-state index in [9.17, 15) is 0 Å². The minimum Gasteiger partial charge on any atom is -0.496 e. The number of benzene rings is 2. The number of nitrogens with zero attached hydrogens (tertiary/aromatic N) is 1. The molecule has 0 fully saturated rings. The summed E-state index contributed by atoms with van der Waals surface area (Å²) in [5, 5.41) is 12.2. The van der Waals surface area contributed by atoms with Crippen LogP contribution in [0, 0.1) is 11.3 Å². The third-order valence-electron chi connectivity index (χ3n) is 3.12. The highest BCUT2D eigenvalue weighted by Gasteiger charge is 2.05. The first-order valence-electron chi connectivity index (χ1n) is 6.41. The Morgan fingerprint density at radius 3 is 2.70 bits per heavy atom. The fourth-order valence-electron chi connectivity index (χ4n) is 2.02. The monoisotopic (exact) mass is 267 g/mol. The number of hydrogen-bond acceptors (Lipinski definition) is 4. The lowest BCUT2D eigenvalue weighted by Gasteiger charge is -2.13. The normalized spacial score (nSPS) is 9.85. The van der Waals surface area contributed by atoms with Gasteiger partial charge in [0.15, 0.2) is 0 Å². The van der Waals surface area contributed by atoms with E-state index in [-0.39, 0.29) is 0 Å². The van der Waals surface area contributed by atoms with Crippen molar-refractivity contribution in [2.45, 2.75) is 13.3 Å². The maximum absolute atomic E-state index is 8.93. The van der Waals surface area contributed by atoms with Gasteiger partial charge in [-0.25, -0.2) is 0 Å². The molecule has 20 heavy (non-hydrogen) atoms. The lowest BCUT2D eigenvalue weighted by Crippen LogP contribution is -1.98. The van der Waals surface area contributed by atoms with Crippen molar-refractivity contribution < 1.29 is 4.74 Å². The summed E-state index contributed by atoms with van der Waals surface area (Å²) < 4.78 is 5.31. The van der Waals surface area contributed by atoms with Gasteiger partial charge in [0, 0.05) is 5.69 Å². The highest BCUT2D eigenvalue weighted by Crippen LogP contribution is 2.28. The number of nitrogens with one attached hydrogen (secondary N) is 1. The van der Waals surface area contributed by atoms with Crippen molar-refractivity contribution in [2.24, 2.45) is 0 Å². The zero-order valence-electron chi connectivity index (χ0n) is 11.6. The topological polar surface area (TPSA) is 71.1 Å². The second-order valence-corrected chi connectivity index (χ2v) is 4.42. The molecule has 0 aliphatic carbocycles. The van der Waals surface area contributed by atoms with E-state index in [2.05, 4.69) is 18.3 Å². The lowest BCUT2D eigenvalue weighted by atomic mass is 10.1. The van der Waals surface area contributed by atoms with E-state index in [1.54, 1.807) is 25.3 Å². The van der Waals surface area contributed by atoms with Gasteiger partial charge in [-0.2, -0.15) is 5.26 Å². The molecule has 0 spiro atoms. The van der Waals surface area contributed by atoms with Crippen molar-refractivity contribution in [2.75, 3.05) is 18.2 Å². The standard InChI is InChI=1S/C16H17N3O/c1-3-12-9-13(5-7-16(12)20-2)19-15-8-11(10-17)4-6-14(15)18/h4-9,19H,3,18H2,1-2H3. The molecule has 4 nitrogen and oxygen atoms in total. The summed E-state index contributed by atoms with van der Waals surface area (Å²) in [6.45, 7) is 2.08. The van der Waals surface area contributed by atoms with Gasteiger partial charge in [-0.15, -0.1) is 0 Å². The number of rotatable bonds is 4. The SMILES string of the molecule is CCc1cc(Nc2cc(C#N)ccc2N)ccc1OC. The van der Waals surface area contributed by atoms with Gasteiger partial charge in [0.05, 0.1) is 30.1 Å². The third kappa shape index (κ3) is 2.83. The number of methoxy groups -OCH3 is 1. The summed E-state index contributed by atoms with van der Waals surface area (Å²) in [4.78, 5) is 0. The first-order valence-corrected chi connectivity index (χ1v) is 6.41. The number of hydrogen-bond donors (Lipinski definition) is 2. The molecule has 0 unspecified atom stereocenters. The van der Waals surface area contributed by atoms with Crippen molar-refractivity contribution in [1.82, 2.24) is 0 Å². The Morgan fingerprint density at radius 2 is 2.05 bits per heavy atom. The molecular weight excluding hydrogens is 250 g/mol. The largest absolute Gasteiger partial charge is 0.496 e. The van der Waals surface area contributed by atoms with Crippen molar-refractivity contribution >= 4 is 17.1 Å². The fourth-order valence-corrected chi connectivity index (χ4v) is 2.02. The molecule has 3 N–H and O–H groups in total. The quantitative estimate of drug-likeness (QED) is 0.832. The predicted octanol–water partition coefficient (Wildman–Crippen LogP) is 3.46. The Hall–Kier alpha value is -2.67. The van der Waals surface area contributed by atoms with Gasteiger partial charge in [-0.05, 0) is 48.4 Å². The highest BCUT2D eigenvalue weighted by molar-refractivity contribution is 5.74. The van der Waals surface area contributed by atoms with E-state index < -0.39 is 0 Å². The van der Waals surface area contributed by atoms with Crippen LogP contribution in [0.15, 0.2) is 36.4 Å². The van der Waals surface area contributed by atoms with Crippen LogP contribution < -0.4 is 15.8 Å². The molecular formula is C16H17N3O. The Morgan fingerprint density at radius 1 is 1.25 bits per heavy atom. The summed E-state index contributed by atoms with van der Waals surface area (Å²) in [5.74, 6) is 0.872. The molecule has 2 aromatic rings. The van der Waals surface area contributed by atoms with Gasteiger partial charge in [0.25, 0.3) is 0 Å². The minimum absolute atomic E-state index is 0.575. The van der Waals surface area contributed by atoms with E-state index >= 15 is 0 Å². The number of nitrogen functional groups attached to an aromatic ring is 1. The van der Waals surface area contributed by atoms with Crippen LogP contribution in [-0.2, 0) is 6.42 Å². The number of anilines is 3. The van der Waals surface area contributed by atoms with Crippen molar-refractivity contribution in [3.05, 3.63) is 47.5 Å². The average Bonchev–Trinajstić information content (AvgIpc) is 2.49. The van der Waals surface area contributed by atoms with E-state index in [4.69, 9.17) is 15.7 Å². The summed E-state index contributed by atoms with van der Waals surface area (Å²) in [7, 11) is 1.66. The molecule has 0 heterocycles. The summed E-state index contributed by atoms with van der Waals surface area (Å²) in [5.41, 5.74) is 9.88. The van der Waals surface area contributed by atoms with Crippen LogP contribution in [-0.4, -0.2) is 7.11 Å². The van der Waals surface area contributed by atoms with E-state index in [1.807, 2.05) is 18.2 Å². The summed E-state index contributed by atoms with van der Waals surface area (Å²) >= 11 is 0. The predicted molar refractivity (Wildman–Crippen MR) is 81.2 cm³/mol. The van der Waals surface area contributed by atoms with Gasteiger partial charge < -0.3 is 15.8 Å². The van der Waals surface area contributed by atoms with Crippen LogP contribution >= 0.6 is 0 Å². The summed E-state index contributed by atoms with van der Waals surface area (Å²) in [6.07, 6.45) is 0.881. The molecule has 0 bridgehead atoms. The second kappa shape index (κ2) is 5.98. The minimum atomic E-state index is 0.575. The van der Waals surface area contributed by atoms with Crippen LogP contribution in [0.4, 0.5) is 17.1 Å². The molecule has 4 heteroatoms. The molecule has 0 amide bonds. The molecule has 0 aromatic heterocycles. The molecule has 102 valence electrons. The highest BCUT2D eigenvalue weighted by atomic mass is 16.5. The van der Waals surface area contributed by atoms with Crippen molar-refractivity contribution in [1.29, 1.82) is 5.26 Å².